The van der Waals surface area contributed by atoms with Gasteiger partial charge in [-0.05, 0) is 12.3 Å². The molecule has 1 aliphatic rings. The van der Waals surface area contributed by atoms with Crippen LogP contribution in [0.1, 0.15) is 6.42 Å². The normalized spacial score (nSPS) is 30.3. The highest BCUT2D eigenvalue weighted by Crippen LogP contribution is 2.50. The maximum atomic E-state index is 11.8. The molecule has 0 aromatic heterocycles. The van der Waals surface area contributed by atoms with Gasteiger partial charge >= 0.3 is 6.18 Å². The van der Waals surface area contributed by atoms with Gasteiger partial charge in [0, 0.05) is 10.7 Å². The van der Waals surface area contributed by atoms with Crippen LogP contribution in [0.2, 0.25) is 0 Å². The summed E-state index contributed by atoms with van der Waals surface area (Å²) in [7, 11) is 1.01. The molecule has 12 heavy (non-hydrogen) atoms. The number of halogens is 4. The van der Waals surface area contributed by atoms with E-state index in [4.69, 9.17) is 10.7 Å². The van der Waals surface area contributed by atoms with Gasteiger partial charge in [0.25, 0.3) is 0 Å². The fourth-order valence-electron chi connectivity index (χ4n) is 1.09. The van der Waals surface area contributed by atoms with Crippen LogP contribution in [0.5, 0.6) is 0 Å². The van der Waals surface area contributed by atoms with Crippen molar-refractivity contribution in [1.29, 1.82) is 0 Å². The molecular formula is C5H6ClF3O2S. The molecule has 2 unspecified atom stereocenters. The second-order valence-electron chi connectivity index (χ2n) is 2.85. The number of hydrogen-bond acceptors (Lipinski definition) is 2. The molecule has 1 rings (SSSR count). The van der Waals surface area contributed by atoms with Gasteiger partial charge in [-0.1, -0.05) is 0 Å². The van der Waals surface area contributed by atoms with E-state index in [0.29, 0.717) is 0 Å². The molecule has 2 nitrogen and oxygen atoms in total. The second-order valence-corrected chi connectivity index (χ2v) is 5.67. The molecule has 0 saturated heterocycles. The number of hydrogen-bond donors (Lipinski definition) is 0. The minimum absolute atomic E-state index is 0.116. The van der Waals surface area contributed by atoms with Crippen molar-refractivity contribution in [3.05, 3.63) is 0 Å². The van der Waals surface area contributed by atoms with Crippen LogP contribution in [0.25, 0.3) is 0 Å². The molecule has 0 aromatic carbocycles. The van der Waals surface area contributed by atoms with E-state index in [0.717, 1.165) is 0 Å². The third-order valence-electron chi connectivity index (χ3n) is 1.76. The number of rotatable bonds is 2. The Kier molecular flexibility index (Phi) is 2.33. The minimum Gasteiger partial charge on any atom is -0.212 e. The maximum absolute atomic E-state index is 11.8. The highest BCUT2D eigenvalue weighted by Gasteiger charge is 2.56. The Morgan fingerprint density at radius 1 is 1.42 bits per heavy atom. The molecule has 0 spiro atoms. The standard InChI is InChI=1S/C5H6ClF3O2S/c6-12(10,11)2-3-1-4(3)5(7,8)9/h3-4H,1-2H2. The molecule has 1 aliphatic carbocycles. The van der Waals surface area contributed by atoms with Crippen molar-refractivity contribution in [3.63, 3.8) is 0 Å². The molecule has 0 aromatic rings. The van der Waals surface area contributed by atoms with E-state index in [1.165, 1.54) is 0 Å². The maximum Gasteiger partial charge on any atom is 0.392 e. The van der Waals surface area contributed by atoms with Crippen molar-refractivity contribution in [2.75, 3.05) is 5.75 Å². The van der Waals surface area contributed by atoms with Gasteiger partial charge in [0.2, 0.25) is 9.05 Å². The molecule has 0 bridgehead atoms. The summed E-state index contributed by atoms with van der Waals surface area (Å²) in [6.45, 7) is 0. The first-order chi connectivity index (χ1) is 5.20. The zero-order valence-electron chi connectivity index (χ0n) is 5.81. The Hall–Kier alpha value is 0.0300. The lowest BCUT2D eigenvalue weighted by molar-refractivity contribution is -0.150. The van der Waals surface area contributed by atoms with Crippen LogP contribution in [0.3, 0.4) is 0 Å². The molecular weight excluding hydrogens is 217 g/mol. The van der Waals surface area contributed by atoms with Gasteiger partial charge in [0.05, 0.1) is 11.7 Å². The Bertz CT molecular complexity index is 271. The van der Waals surface area contributed by atoms with Crippen molar-refractivity contribution in [3.8, 4) is 0 Å². The third kappa shape index (κ3) is 2.82. The molecule has 72 valence electrons. The van der Waals surface area contributed by atoms with Gasteiger partial charge in [0.15, 0.2) is 0 Å². The molecule has 1 fully saturated rings. The average Bonchev–Trinajstić information content (AvgIpc) is 2.37. The minimum atomic E-state index is -4.27. The van der Waals surface area contributed by atoms with Crippen LogP contribution in [0.4, 0.5) is 13.2 Å². The van der Waals surface area contributed by atoms with Gasteiger partial charge in [-0.25, -0.2) is 8.42 Å². The summed E-state index contributed by atoms with van der Waals surface area (Å²) in [4.78, 5) is 0. The Morgan fingerprint density at radius 2 is 1.92 bits per heavy atom. The first-order valence-electron chi connectivity index (χ1n) is 3.19. The lowest BCUT2D eigenvalue weighted by Gasteiger charge is -2.03. The van der Waals surface area contributed by atoms with Crippen molar-refractivity contribution < 1.29 is 21.6 Å². The quantitative estimate of drug-likeness (QED) is 0.667. The highest BCUT2D eigenvalue weighted by molar-refractivity contribution is 8.13. The Balaban J connectivity index is 2.45. The summed E-state index contributed by atoms with van der Waals surface area (Å²) in [5, 5.41) is 0. The molecule has 1 saturated carbocycles. The molecule has 0 amide bonds. The van der Waals surface area contributed by atoms with Crippen molar-refractivity contribution >= 4 is 19.7 Å². The van der Waals surface area contributed by atoms with E-state index in [-0.39, 0.29) is 6.42 Å². The van der Waals surface area contributed by atoms with Gasteiger partial charge in [0.1, 0.15) is 0 Å². The van der Waals surface area contributed by atoms with E-state index in [1.54, 1.807) is 0 Å². The summed E-state index contributed by atoms with van der Waals surface area (Å²) in [6, 6.07) is 0. The fraction of sp³-hybridized carbons (Fsp3) is 1.00. The first kappa shape index (κ1) is 10.1. The summed E-state index contributed by atoms with van der Waals surface area (Å²) >= 11 is 0. The predicted molar refractivity (Wildman–Crippen MR) is 37.3 cm³/mol. The lowest BCUT2D eigenvalue weighted by Crippen LogP contribution is -2.14. The van der Waals surface area contributed by atoms with Crippen LogP contribution in [0, 0.1) is 11.8 Å². The van der Waals surface area contributed by atoms with Crippen LogP contribution in [-0.4, -0.2) is 20.3 Å². The molecule has 0 N–H and O–H groups in total. The fourth-order valence-corrected chi connectivity index (χ4v) is 2.45. The van der Waals surface area contributed by atoms with Crippen LogP contribution in [0.15, 0.2) is 0 Å². The van der Waals surface area contributed by atoms with Crippen LogP contribution < -0.4 is 0 Å². The predicted octanol–water partition coefficient (Wildman–Crippen LogP) is 1.75. The molecule has 0 radical (unpaired) electrons. The molecule has 2 atom stereocenters. The third-order valence-corrected chi connectivity index (χ3v) is 2.96. The Labute approximate surface area is 72.1 Å². The lowest BCUT2D eigenvalue weighted by atomic mass is 10.3. The van der Waals surface area contributed by atoms with Crippen molar-refractivity contribution in [2.24, 2.45) is 11.8 Å². The first-order valence-corrected chi connectivity index (χ1v) is 5.67. The van der Waals surface area contributed by atoms with Gasteiger partial charge in [-0.15, -0.1) is 0 Å². The highest BCUT2D eigenvalue weighted by atomic mass is 35.7. The average molecular weight is 223 g/mol. The molecule has 0 heterocycles. The van der Waals surface area contributed by atoms with E-state index in [2.05, 4.69) is 0 Å². The van der Waals surface area contributed by atoms with E-state index < -0.39 is 32.8 Å². The van der Waals surface area contributed by atoms with Gasteiger partial charge < -0.3 is 0 Å². The zero-order valence-corrected chi connectivity index (χ0v) is 7.38. The van der Waals surface area contributed by atoms with Crippen LogP contribution in [-0.2, 0) is 9.05 Å². The van der Waals surface area contributed by atoms with Crippen molar-refractivity contribution in [2.45, 2.75) is 12.6 Å². The SMILES string of the molecule is O=S(=O)(Cl)CC1CC1C(F)(F)F. The molecule has 0 aliphatic heterocycles. The summed E-state index contributed by atoms with van der Waals surface area (Å²) in [5.74, 6) is -2.86. The van der Waals surface area contributed by atoms with Gasteiger partial charge in [-0.3, -0.25) is 0 Å². The van der Waals surface area contributed by atoms with E-state index in [1.807, 2.05) is 0 Å². The van der Waals surface area contributed by atoms with Crippen molar-refractivity contribution in [1.82, 2.24) is 0 Å². The Morgan fingerprint density at radius 3 is 2.17 bits per heavy atom. The number of alkyl halides is 3. The van der Waals surface area contributed by atoms with E-state index in [9.17, 15) is 21.6 Å². The summed E-state index contributed by atoms with van der Waals surface area (Å²) in [5.41, 5.74) is 0. The summed E-state index contributed by atoms with van der Waals surface area (Å²) in [6.07, 6.45) is -4.39. The zero-order chi connectivity index (χ0) is 9.57. The topological polar surface area (TPSA) is 34.1 Å². The smallest absolute Gasteiger partial charge is 0.212 e. The van der Waals surface area contributed by atoms with Gasteiger partial charge in [-0.2, -0.15) is 13.2 Å². The molecule has 7 heteroatoms. The second kappa shape index (κ2) is 2.77. The monoisotopic (exact) mass is 222 g/mol. The van der Waals surface area contributed by atoms with E-state index >= 15 is 0 Å². The van der Waals surface area contributed by atoms with Crippen LogP contribution >= 0.6 is 10.7 Å². The largest absolute Gasteiger partial charge is 0.392 e. The summed E-state index contributed by atoms with van der Waals surface area (Å²) < 4.78 is 56.2.